The molecule has 3 aromatic rings. The van der Waals surface area contributed by atoms with E-state index < -0.39 is 0 Å². The Morgan fingerprint density at radius 1 is 1.00 bits per heavy atom. The van der Waals surface area contributed by atoms with Crippen molar-refractivity contribution in [2.24, 2.45) is 0 Å². The Labute approximate surface area is 119 Å². The molecule has 20 heavy (non-hydrogen) atoms. The molecule has 0 unspecified atom stereocenters. The van der Waals surface area contributed by atoms with Crippen LogP contribution in [0.25, 0.3) is 10.1 Å². The van der Waals surface area contributed by atoms with E-state index in [1.54, 1.807) is 24.3 Å². The van der Waals surface area contributed by atoms with E-state index in [1.165, 1.54) is 11.3 Å². The van der Waals surface area contributed by atoms with Gasteiger partial charge in [0.2, 0.25) is 5.78 Å². The third kappa shape index (κ3) is 2.10. The molecule has 0 aliphatic rings. The molecule has 0 fully saturated rings. The summed E-state index contributed by atoms with van der Waals surface area (Å²) in [4.78, 5) is 23.7. The zero-order valence-electron chi connectivity index (χ0n) is 10.4. The van der Waals surface area contributed by atoms with Crippen LogP contribution in [-0.2, 0) is 4.79 Å². The van der Waals surface area contributed by atoms with Gasteiger partial charge in [0, 0.05) is 15.6 Å². The number of hydrogen-bond donors (Lipinski definition) is 0. The average molecular weight is 282 g/mol. The van der Waals surface area contributed by atoms with Crippen LogP contribution in [0.5, 0.6) is 5.75 Å². The molecular formula is C16H10O3S. The van der Waals surface area contributed by atoms with E-state index in [1.807, 2.05) is 30.3 Å². The van der Waals surface area contributed by atoms with Gasteiger partial charge in [-0.1, -0.05) is 42.5 Å². The SMILES string of the molecule is O=COc1c(C(=O)c2ccccc2)sc2ccccc12. The van der Waals surface area contributed by atoms with E-state index >= 15 is 0 Å². The van der Waals surface area contributed by atoms with Gasteiger partial charge in [-0.05, 0) is 12.1 Å². The standard InChI is InChI=1S/C16H10O3S/c17-10-19-15-12-8-4-5-9-13(12)20-16(15)14(18)11-6-2-1-3-7-11/h1-10H. The van der Waals surface area contributed by atoms with E-state index in [0.29, 0.717) is 22.7 Å². The highest BCUT2D eigenvalue weighted by Gasteiger charge is 2.20. The first-order valence-electron chi connectivity index (χ1n) is 6.03. The molecule has 1 aromatic heterocycles. The molecule has 0 saturated carbocycles. The fraction of sp³-hybridized carbons (Fsp3) is 0. The predicted molar refractivity (Wildman–Crippen MR) is 78.4 cm³/mol. The molecule has 3 rings (SSSR count). The predicted octanol–water partition coefficient (Wildman–Crippen LogP) is 3.67. The molecule has 2 aromatic carbocycles. The molecule has 0 atom stereocenters. The second kappa shape index (κ2) is 5.27. The number of rotatable bonds is 4. The number of ether oxygens (including phenoxy) is 1. The van der Waals surface area contributed by atoms with Crippen LogP contribution in [-0.4, -0.2) is 12.3 Å². The summed E-state index contributed by atoms with van der Waals surface area (Å²) in [6.07, 6.45) is 0. The number of fused-ring (bicyclic) bond motifs is 1. The minimum atomic E-state index is -0.136. The first-order valence-corrected chi connectivity index (χ1v) is 6.84. The Hall–Kier alpha value is -2.46. The number of carbonyl (C=O) groups is 2. The minimum Gasteiger partial charge on any atom is -0.426 e. The summed E-state index contributed by atoms with van der Waals surface area (Å²) in [7, 11) is 0. The lowest BCUT2D eigenvalue weighted by atomic mass is 10.1. The van der Waals surface area contributed by atoms with Crippen LogP contribution in [0.3, 0.4) is 0 Å². The number of hydrogen-bond acceptors (Lipinski definition) is 4. The quantitative estimate of drug-likeness (QED) is 0.541. The molecule has 0 saturated heterocycles. The largest absolute Gasteiger partial charge is 0.426 e. The van der Waals surface area contributed by atoms with Gasteiger partial charge in [-0.2, -0.15) is 0 Å². The zero-order chi connectivity index (χ0) is 13.9. The van der Waals surface area contributed by atoms with Crippen LogP contribution in [0, 0.1) is 0 Å². The van der Waals surface area contributed by atoms with Gasteiger partial charge in [0.1, 0.15) is 4.88 Å². The van der Waals surface area contributed by atoms with E-state index in [4.69, 9.17) is 4.74 Å². The summed E-state index contributed by atoms with van der Waals surface area (Å²) in [5.74, 6) is 0.207. The van der Waals surface area contributed by atoms with Crippen LogP contribution in [0.1, 0.15) is 15.2 Å². The third-order valence-corrected chi connectivity index (χ3v) is 4.11. The van der Waals surface area contributed by atoms with Crippen molar-refractivity contribution >= 4 is 33.7 Å². The summed E-state index contributed by atoms with van der Waals surface area (Å²) in [5, 5.41) is 0.781. The van der Waals surface area contributed by atoms with Crippen molar-refractivity contribution in [2.45, 2.75) is 0 Å². The maximum Gasteiger partial charge on any atom is 0.298 e. The molecule has 3 nitrogen and oxygen atoms in total. The number of carbonyl (C=O) groups excluding carboxylic acids is 2. The fourth-order valence-electron chi connectivity index (χ4n) is 2.06. The summed E-state index contributed by atoms with van der Waals surface area (Å²) in [5.41, 5.74) is 0.579. The van der Waals surface area contributed by atoms with Gasteiger partial charge >= 0.3 is 0 Å². The summed E-state index contributed by atoms with van der Waals surface area (Å²) < 4.78 is 5.96. The minimum absolute atomic E-state index is 0.136. The topological polar surface area (TPSA) is 43.4 Å². The van der Waals surface area contributed by atoms with Crippen molar-refractivity contribution in [1.29, 1.82) is 0 Å². The zero-order valence-corrected chi connectivity index (χ0v) is 11.2. The lowest BCUT2D eigenvalue weighted by Crippen LogP contribution is -2.01. The van der Waals surface area contributed by atoms with Gasteiger partial charge < -0.3 is 4.74 Å². The van der Waals surface area contributed by atoms with Crippen LogP contribution in [0.4, 0.5) is 0 Å². The highest BCUT2D eigenvalue weighted by molar-refractivity contribution is 7.21. The second-order valence-corrected chi connectivity index (χ2v) is 5.22. The van der Waals surface area contributed by atoms with Gasteiger partial charge in [0.25, 0.3) is 6.47 Å². The summed E-state index contributed by atoms with van der Waals surface area (Å²) in [6.45, 7) is 0.357. The molecule has 0 N–H and O–H groups in total. The Morgan fingerprint density at radius 3 is 2.45 bits per heavy atom. The Morgan fingerprint density at radius 2 is 1.70 bits per heavy atom. The fourth-order valence-corrected chi connectivity index (χ4v) is 3.16. The van der Waals surface area contributed by atoms with E-state index in [0.717, 1.165) is 10.1 Å². The van der Waals surface area contributed by atoms with Gasteiger partial charge in [0.15, 0.2) is 5.75 Å². The highest BCUT2D eigenvalue weighted by atomic mass is 32.1. The van der Waals surface area contributed by atoms with Gasteiger partial charge in [-0.3, -0.25) is 9.59 Å². The third-order valence-electron chi connectivity index (χ3n) is 2.96. The van der Waals surface area contributed by atoms with Crippen LogP contribution >= 0.6 is 11.3 Å². The summed E-state index contributed by atoms with van der Waals surface area (Å²) in [6, 6.07) is 16.4. The van der Waals surface area contributed by atoms with Crippen LogP contribution in [0.15, 0.2) is 54.6 Å². The van der Waals surface area contributed by atoms with Crippen molar-refractivity contribution in [3.8, 4) is 5.75 Å². The van der Waals surface area contributed by atoms with Crippen molar-refractivity contribution in [2.75, 3.05) is 0 Å². The van der Waals surface area contributed by atoms with Crippen molar-refractivity contribution in [3.63, 3.8) is 0 Å². The lowest BCUT2D eigenvalue weighted by molar-refractivity contribution is -0.120. The number of thiophene rings is 1. The van der Waals surface area contributed by atoms with Gasteiger partial charge in [-0.15, -0.1) is 11.3 Å². The smallest absolute Gasteiger partial charge is 0.298 e. The molecular weight excluding hydrogens is 272 g/mol. The molecule has 0 radical (unpaired) electrons. The average Bonchev–Trinajstić information content (AvgIpc) is 2.87. The van der Waals surface area contributed by atoms with E-state index in [2.05, 4.69) is 0 Å². The maximum atomic E-state index is 12.5. The molecule has 0 bridgehead atoms. The molecule has 0 aliphatic carbocycles. The molecule has 0 spiro atoms. The number of ketones is 1. The van der Waals surface area contributed by atoms with Gasteiger partial charge in [0.05, 0.1) is 0 Å². The van der Waals surface area contributed by atoms with Gasteiger partial charge in [-0.25, -0.2) is 0 Å². The maximum absolute atomic E-state index is 12.5. The van der Waals surface area contributed by atoms with E-state index in [9.17, 15) is 9.59 Å². The van der Waals surface area contributed by atoms with Crippen LogP contribution in [0.2, 0.25) is 0 Å². The molecule has 0 aliphatic heterocycles. The van der Waals surface area contributed by atoms with Crippen molar-refractivity contribution in [3.05, 3.63) is 65.0 Å². The molecule has 4 heteroatoms. The Balaban J connectivity index is 2.18. The summed E-state index contributed by atoms with van der Waals surface area (Å²) >= 11 is 1.33. The van der Waals surface area contributed by atoms with E-state index in [-0.39, 0.29) is 5.78 Å². The Bertz CT molecular complexity index is 775. The monoisotopic (exact) mass is 282 g/mol. The second-order valence-electron chi connectivity index (χ2n) is 4.17. The lowest BCUT2D eigenvalue weighted by Gasteiger charge is -2.01. The molecule has 1 heterocycles. The van der Waals surface area contributed by atoms with Crippen molar-refractivity contribution < 1.29 is 14.3 Å². The van der Waals surface area contributed by atoms with Crippen LogP contribution < -0.4 is 4.74 Å². The molecule has 98 valence electrons. The van der Waals surface area contributed by atoms with Crippen molar-refractivity contribution in [1.82, 2.24) is 0 Å². The highest BCUT2D eigenvalue weighted by Crippen LogP contribution is 2.38. The Kier molecular flexibility index (Phi) is 3.31. The first-order chi connectivity index (χ1) is 9.81. The normalized spacial score (nSPS) is 10.4. The molecule has 0 amide bonds. The number of benzene rings is 2. The first kappa shape index (κ1) is 12.6.